The van der Waals surface area contributed by atoms with E-state index in [0.717, 1.165) is 16.0 Å². The molecule has 0 aliphatic carbocycles. The summed E-state index contributed by atoms with van der Waals surface area (Å²) in [6.45, 7) is 1.94. The molecule has 0 saturated heterocycles. The number of fused-ring (bicyclic) bond motifs is 1. The Bertz CT molecular complexity index is 816. The molecule has 106 valence electrons. The van der Waals surface area contributed by atoms with Crippen molar-refractivity contribution in [3.63, 3.8) is 0 Å². The van der Waals surface area contributed by atoms with E-state index in [2.05, 4.69) is 15.6 Å². The van der Waals surface area contributed by atoms with E-state index in [9.17, 15) is 4.79 Å². The Kier molecular flexibility index (Phi) is 3.77. The summed E-state index contributed by atoms with van der Waals surface area (Å²) in [4.78, 5) is 16.3. The SMILES string of the molecule is Cc1ccccc1NC(=O)Nc1nc2c(Cl)cccc2s1. The highest BCUT2D eigenvalue weighted by Crippen LogP contribution is 2.30. The molecule has 4 nitrogen and oxygen atoms in total. The molecule has 2 amide bonds. The smallest absolute Gasteiger partial charge is 0.307 e. The summed E-state index contributed by atoms with van der Waals surface area (Å²) < 4.78 is 0.939. The maximum Gasteiger partial charge on any atom is 0.325 e. The molecule has 0 spiro atoms. The summed E-state index contributed by atoms with van der Waals surface area (Å²) in [7, 11) is 0. The van der Waals surface area contributed by atoms with Crippen LogP contribution in [0.3, 0.4) is 0 Å². The first-order valence-electron chi connectivity index (χ1n) is 6.32. The van der Waals surface area contributed by atoms with Crippen molar-refractivity contribution in [3.05, 3.63) is 53.1 Å². The third-order valence-corrected chi connectivity index (χ3v) is 4.22. The van der Waals surface area contributed by atoms with Crippen molar-refractivity contribution in [2.24, 2.45) is 0 Å². The fourth-order valence-corrected chi connectivity index (χ4v) is 3.09. The second-order valence-electron chi connectivity index (χ2n) is 4.50. The fraction of sp³-hybridized carbons (Fsp3) is 0.0667. The Labute approximate surface area is 130 Å². The van der Waals surface area contributed by atoms with Crippen LogP contribution in [0.5, 0.6) is 0 Å². The van der Waals surface area contributed by atoms with Gasteiger partial charge in [0.2, 0.25) is 0 Å². The van der Waals surface area contributed by atoms with E-state index in [1.165, 1.54) is 11.3 Å². The predicted molar refractivity (Wildman–Crippen MR) is 88.5 cm³/mol. The molecule has 0 aliphatic rings. The molecule has 2 N–H and O–H groups in total. The van der Waals surface area contributed by atoms with Crippen LogP contribution >= 0.6 is 22.9 Å². The van der Waals surface area contributed by atoms with Crippen molar-refractivity contribution < 1.29 is 4.79 Å². The number of para-hydroxylation sites is 2. The molecule has 0 atom stereocenters. The van der Waals surface area contributed by atoms with Gasteiger partial charge in [-0.25, -0.2) is 9.78 Å². The van der Waals surface area contributed by atoms with Crippen molar-refractivity contribution >= 4 is 50.0 Å². The summed E-state index contributed by atoms with van der Waals surface area (Å²) in [5, 5.41) is 6.63. The molecule has 0 unspecified atom stereocenters. The van der Waals surface area contributed by atoms with Gasteiger partial charge in [0.05, 0.1) is 9.72 Å². The third kappa shape index (κ3) is 2.99. The van der Waals surface area contributed by atoms with Gasteiger partial charge in [-0.1, -0.05) is 47.2 Å². The van der Waals surface area contributed by atoms with Gasteiger partial charge in [-0.15, -0.1) is 0 Å². The first kappa shape index (κ1) is 13.9. The van der Waals surface area contributed by atoms with E-state index in [-0.39, 0.29) is 6.03 Å². The fourth-order valence-electron chi connectivity index (χ4n) is 1.93. The molecule has 21 heavy (non-hydrogen) atoms. The van der Waals surface area contributed by atoms with Crippen LogP contribution in [0.4, 0.5) is 15.6 Å². The highest BCUT2D eigenvalue weighted by atomic mass is 35.5. The van der Waals surface area contributed by atoms with E-state index >= 15 is 0 Å². The molecular weight excluding hydrogens is 306 g/mol. The second-order valence-corrected chi connectivity index (χ2v) is 5.94. The third-order valence-electron chi connectivity index (χ3n) is 2.98. The van der Waals surface area contributed by atoms with Gasteiger partial charge in [0.25, 0.3) is 0 Å². The molecular formula is C15H12ClN3OS. The minimum Gasteiger partial charge on any atom is -0.307 e. The van der Waals surface area contributed by atoms with E-state index in [1.807, 2.05) is 43.3 Å². The van der Waals surface area contributed by atoms with Crippen LogP contribution in [0.2, 0.25) is 5.02 Å². The van der Waals surface area contributed by atoms with Gasteiger partial charge in [-0.05, 0) is 30.7 Å². The first-order valence-corrected chi connectivity index (χ1v) is 7.51. The molecule has 0 saturated carbocycles. The molecule has 6 heteroatoms. The quantitative estimate of drug-likeness (QED) is 0.706. The Morgan fingerprint density at radius 2 is 1.95 bits per heavy atom. The summed E-state index contributed by atoms with van der Waals surface area (Å²) in [6.07, 6.45) is 0. The Morgan fingerprint density at radius 1 is 1.14 bits per heavy atom. The summed E-state index contributed by atoms with van der Waals surface area (Å²) in [5.74, 6) is 0. The monoisotopic (exact) mass is 317 g/mol. The maximum absolute atomic E-state index is 12.0. The highest BCUT2D eigenvalue weighted by molar-refractivity contribution is 7.22. The molecule has 3 rings (SSSR count). The average molecular weight is 318 g/mol. The lowest BCUT2D eigenvalue weighted by Crippen LogP contribution is -2.19. The van der Waals surface area contributed by atoms with Gasteiger partial charge in [0.1, 0.15) is 5.52 Å². The number of hydrogen-bond acceptors (Lipinski definition) is 3. The molecule has 3 aromatic rings. The van der Waals surface area contributed by atoms with Gasteiger partial charge in [0.15, 0.2) is 5.13 Å². The van der Waals surface area contributed by atoms with Crippen molar-refractivity contribution in [3.8, 4) is 0 Å². The zero-order valence-electron chi connectivity index (χ0n) is 11.2. The number of rotatable bonds is 2. The van der Waals surface area contributed by atoms with Crippen molar-refractivity contribution in [2.75, 3.05) is 10.6 Å². The molecule has 0 radical (unpaired) electrons. The number of nitrogens with zero attached hydrogens (tertiary/aromatic N) is 1. The Hall–Kier alpha value is -2.11. The predicted octanol–water partition coefficient (Wildman–Crippen LogP) is 4.90. The van der Waals surface area contributed by atoms with Gasteiger partial charge < -0.3 is 5.32 Å². The zero-order valence-corrected chi connectivity index (χ0v) is 12.8. The number of carbonyl (C=O) groups excluding carboxylic acids is 1. The van der Waals surface area contributed by atoms with E-state index in [0.29, 0.717) is 15.7 Å². The zero-order chi connectivity index (χ0) is 14.8. The topological polar surface area (TPSA) is 54.0 Å². The lowest BCUT2D eigenvalue weighted by molar-refractivity contribution is 0.262. The second kappa shape index (κ2) is 5.71. The van der Waals surface area contributed by atoms with Crippen molar-refractivity contribution in [2.45, 2.75) is 6.92 Å². The number of thiazole rings is 1. The van der Waals surface area contributed by atoms with Crippen LogP contribution < -0.4 is 10.6 Å². The largest absolute Gasteiger partial charge is 0.325 e. The minimum absolute atomic E-state index is 0.320. The first-order chi connectivity index (χ1) is 10.1. The summed E-state index contributed by atoms with van der Waals surface area (Å²) in [6, 6.07) is 12.8. The van der Waals surface area contributed by atoms with E-state index < -0.39 is 0 Å². The molecule has 1 heterocycles. The van der Waals surface area contributed by atoms with Gasteiger partial charge >= 0.3 is 6.03 Å². The van der Waals surface area contributed by atoms with Crippen LogP contribution in [-0.4, -0.2) is 11.0 Å². The van der Waals surface area contributed by atoms with Crippen LogP contribution in [0, 0.1) is 6.92 Å². The molecule has 1 aromatic heterocycles. The summed E-state index contributed by atoms with van der Waals surface area (Å²) >= 11 is 7.46. The molecule has 0 bridgehead atoms. The lowest BCUT2D eigenvalue weighted by atomic mass is 10.2. The number of aromatic nitrogens is 1. The molecule has 0 fully saturated rings. The summed E-state index contributed by atoms with van der Waals surface area (Å²) in [5.41, 5.74) is 2.48. The Morgan fingerprint density at radius 3 is 2.71 bits per heavy atom. The van der Waals surface area contributed by atoms with Crippen LogP contribution in [0.25, 0.3) is 10.2 Å². The lowest BCUT2D eigenvalue weighted by Gasteiger charge is -2.07. The van der Waals surface area contributed by atoms with Crippen LogP contribution in [-0.2, 0) is 0 Å². The number of amides is 2. The van der Waals surface area contributed by atoms with Crippen LogP contribution in [0.15, 0.2) is 42.5 Å². The number of anilines is 2. The standard InChI is InChI=1S/C15H12ClN3OS/c1-9-5-2-3-7-11(9)17-14(20)19-15-18-13-10(16)6-4-8-12(13)21-15/h2-8H,1H3,(H2,17,18,19,20). The number of halogens is 1. The number of carbonyl (C=O) groups is 1. The number of hydrogen-bond donors (Lipinski definition) is 2. The van der Waals surface area contributed by atoms with Crippen molar-refractivity contribution in [1.29, 1.82) is 0 Å². The number of urea groups is 1. The average Bonchev–Trinajstić information content (AvgIpc) is 2.85. The van der Waals surface area contributed by atoms with Gasteiger partial charge in [0, 0.05) is 5.69 Å². The van der Waals surface area contributed by atoms with Crippen LogP contribution in [0.1, 0.15) is 5.56 Å². The number of benzene rings is 2. The maximum atomic E-state index is 12.0. The van der Waals surface area contributed by atoms with E-state index in [1.54, 1.807) is 6.07 Å². The normalized spacial score (nSPS) is 10.6. The number of nitrogens with one attached hydrogen (secondary N) is 2. The van der Waals surface area contributed by atoms with Gasteiger partial charge in [-0.2, -0.15) is 0 Å². The molecule has 0 aliphatic heterocycles. The Balaban J connectivity index is 1.77. The molecule has 2 aromatic carbocycles. The number of aryl methyl sites for hydroxylation is 1. The minimum atomic E-state index is -0.320. The van der Waals surface area contributed by atoms with E-state index in [4.69, 9.17) is 11.6 Å². The van der Waals surface area contributed by atoms with Gasteiger partial charge in [-0.3, -0.25) is 5.32 Å². The van der Waals surface area contributed by atoms with Crippen molar-refractivity contribution in [1.82, 2.24) is 4.98 Å². The highest BCUT2D eigenvalue weighted by Gasteiger charge is 2.10.